The number of pyridine rings is 1. The van der Waals surface area contributed by atoms with Gasteiger partial charge in [0.15, 0.2) is 11.6 Å². The highest BCUT2D eigenvalue weighted by Crippen LogP contribution is 2.36. The molecule has 0 atom stereocenters. The zero-order valence-corrected chi connectivity index (χ0v) is 24.7. The van der Waals surface area contributed by atoms with E-state index < -0.39 is 0 Å². The SMILES string of the molecule is c1ccc(Nc2nc(-c3ccccc3)c(-c3ccccc3)nc2Nc2cccc(Oc3cccc(Oc4ccccn4)c3)c2)cc1. The Kier molecular flexibility index (Phi) is 8.28. The van der Waals surface area contributed by atoms with Gasteiger partial charge in [-0.15, -0.1) is 0 Å². The summed E-state index contributed by atoms with van der Waals surface area (Å²) in [7, 11) is 0. The minimum atomic E-state index is 0.514. The quantitative estimate of drug-likeness (QED) is 0.162. The van der Waals surface area contributed by atoms with Gasteiger partial charge in [-0.1, -0.05) is 97.1 Å². The Morgan fingerprint density at radius 2 is 0.913 bits per heavy atom. The number of ether oxygens (including phenoxy) is 2. The van der Waals surface area contributed by atoms with E-state index in [4.69, 9.17) is 19.4 Å². The zero-order valence-electron chi connectivity index (χ0n) is 24.7. The van der Waals surface area contributed by atoms with Crippen LogP contribution in [0.15, 0.2) is 164 Å². The Bertz CT molecular complexity index is 2040. The van der Waals surface area contributed by atoms with Gasteiger partial charge >= 0.3 is 0 Å². The van der Waals surface area contributed by atoms with E-state index in [1.54, 1.807) is 6.20 Å². The predicted molar refractivity (Wildman–Crippen MR) is 183 cm³/mol. The van der Waals surface area contributed by atoms with Crippen molar-refractivity contribution in [2.75, 3.05) is 10.6 Å². The number of rotatable bonds is 10. The van der Waals surface area contributed by atoms with Crippen molar-refractivity contribution >= 4 is 23.0 Å². The first-order valence-electron chi connectivity index (χ1n) is 14.9. The number of nitrogens with one attached hydrogen (secondary N) is 2. The second-order valence-electron chi connectivity index (χ2n) is 10.3. The molecule has 0 aliphatic carbocycles. The predicted octanol–water partition coefficient (Wildman–Crippen LogP) is 10.3. The van der Waals surface area contributed by atoms with Gasteiger partial charge in [-0.25, -0.2) is 15.0 Å². The summed E-state index contributed by atoms with van der Waals surface area (Å²) < 4.78 is 12.1. The van der Waals surface area contributed by atoms with E-state index in [2.05, 4.69) is 15.6 Å². The van der Waals surface area contributed by atoms with Crippen LogP contribution in [0, 0.1) is 0 Å². The van der Waals surface area contributed by atoms with Gasteiger partial charge < -0.3 is 20.1 Å². The van der Waals surface area contributed by atoms with Crippen molar-refractivity contribution in [1.29, 1.82) is 0 Å². The molecule has 0 fully saturated rings. The fourth-order valence-corrected chi connectivity index (χ4v) is 4.90. The highest BCUT2D eigenvalue weighted by molar-refractivity contribution is 5.84. The summed E-state index contributed by atoms with van der Waals surface area (Å²) in [5.74, 6) is 3.59. The first-order chi connectivity index (χ1) is 22.8. The molecule has 222 valence electrons. The summed E-state index contributed by atoms with van der Waals surface area (Å²) in [5, 5.41) is 6.98. The van der Waals surface area contributed by atoms with Crippen LogP contribution in [0.25, 0.3) is 22.5 Å². The minimum Gasteiger partial charge on any atom is -0.457 e. The molecule has 2 N–H and O–H groups in total. The van der Waals surface area contributed by atoms with Crippen molar-refractivity contribution in [3.63, 3.8) is 0 Å². The van der Waals surface area contributed by atoms with E-state index in [0.29, 0.717) is 34.8 Å². The third-order valence-electron chi connectivity index (χ3n) is 7.02. The Morgan fingerprint density at radius 1 is 0.413 bits per heavy atom. The Morgan fingerprint density at radius 3 is 1.52 bits per heavy atom. The molecule has 0 saturated heterocycles. The van der Waals surface area contributed by atoms with Gasteiger partial charge in [0.1, 0.15) is 17.2 Å². The summed E-state index contributed by atoms with van der Waals surface area (Å²) in [6.07, 6.45) is 1.69. The molecule has 7 rings (SSSR count). The lowest BCUT2D eigenvalue weighted by Gasteiger charge is -2.18. The molecule has 0 aliphatic rings. The third kappa shape index (κ3) is 6.85. The summed E-state index contributed by atoms with van der Waals surface area (Å²) in [4.78, 5) is 14.6. The average Bonchev–Trinajstić information content (AvgIpc) is 3.11. The largest absolute Gasteiger partial charge is 0.457 e. The normalized spacial score (nSPS) is 10.6. The number of hydrogen-bond acceptors (Lipinski definition) is 7. The number of anilines is 4. The standard InChI is InChI=1S/C39H29N5O2/c1-4-14-28(15-5-1)36-37(29-16-6-2-7-17-29)44-39(38(43-36)41-30-18-8-3-9-19-30)42-31-20-12-21-32(26-31)45-33-22-13-23-34(27-33)46-35-24-10-11-25-40-35/h1-27H,(H,41,43)(H,42,44). The Hall–Kier alpha value is -6.47. The molecule has 0 saturated carbocycles. The highest BCUT2D eigenvalue weighted by Gasteiger charge is 2.18. The second-order valence-corrected chi connectivity index (χ2v) is 10.3. The van der Waals surface area contributed by atoms with E-state index in [1.165, 1.54) is 0 Å². The van der Waals surface area contributed by atoms with E-state index in [0.717, 1.165) is 33.9 Å². The second kappa shape index (κ2) is 13.4. The van der Waals surface area contributed by atoms with Crippen LogP contribution >= 0.6 is 0 Å². The number of hydrogen-bond donors (Lipinski definition) is 2. The minimum absolute atomic E-state index is 0.514. The van der Waals surface area contributed by atoms with Crippen LogP contribution in [0.1, 0.15) is 0 Å². The van der Waals surface area contributed by atoms with Gasteiger partial charge in [0.25, 0.3) is 0 Å². The van der Waals surface area contributed by atoms with Gasteiger partial charge in [0, 0.05) is 46.9 Å². The average molecular weight is 600 g/mol. The smallest absolute Gasteiger partial charge is 0.219 e. The summed E-state index contributed by atoms with van der Waals surface area (Å²) in [6, 6.07) is 50.9. The van der Waals surface area contributed by atoms with Gasteiger partial charge in [0.2, 0.25) is 5.88 Å². The molecule has 7 nitrogen and oxygen atoms in total. The molecule has 0 aliphatic heterocycles. The van der Waals surface area contributed by atoms with Crippen LogP contribution in [0.5, 0.6) is 23.1 Å². The lowest BCUT2D eigenvalue weighted by Crippen LogP contribution is -2.06. The maximum atomic E-state index is 6.24. The van der Waals surface area contributed by atoms with Gasteiger partial charge in [-0.2, -0.15) is 0 Å². The molecule has 46 heavy (non-hydrogen) atoms. The van der Waals surface area contributed by atoms with E-state index in [9.17, 15) is 0 Å². The van der Waals surface area contributed by atoms with Crippen molar-refractivity contribution in [2.45, 2.75) is 0 Å². The molecule has 0 amide bonds. The van der Waals surface area contributed by atoms with Crippen molar-refractivity contribution in [3.8, 4) is 45.6 Å². The molecule has 2 heterocycles. The molecule has 0 radical (unpaired) electrons. The maximum absolute atomic E-state index is 6.24. The van der Waals surface area contributed by atoms with E-state index in [1.807, 2.05) is 158 Å². The molecular weight excluding hydrogens is 570 g/mol. The Labute approximate surface area is 267 Å². The summed E-state index contributed by atoms with van der Waals surface area (Å²) in [6.45, 7) is 0. The number of para-hydroxylation sites is 1. The van der Waals surface area contributed by atoms with Crippen molar-refractivity contribution in [3.05, 3.63) is 164 Å². The first-order valence-corrected chi connectivity index (χ1v) is 14.9. The highest BCUT2D eigenvalue weighted by atomic mass is 16.5. The third-order valence-corrected chi connectivity index (χ3v) is 7.02. The molecule has 2 aromatic heterocycles. The van der Waals surface area contributed by atoms with Crippen LogP contribution in [0.2, 0.25) is 0 Å². The molecule has 0 bridgehead atoms. The summed E-state index contributed by atoms with van der Waals surface area (Å²) >= 11 is 0. The zero-order chi connectivity index (χ0) is 31.0. The monoisotopic (exact) mass is 599 g/mol. The maximum Gasteiger partial charge on any atom is 0.219 e. The molecule has 0 unspecified atom stereocenters. The lowest BCUT2D eigenvalue weighted by atomic mass is 10.0. The molecule has 7 aromatic rings. The first kappa shape index (κ1) is 28.3. The van der Waals surface area contributed by atoms with E-state index in [-0.39, 0.29) is 0 Å². The van der Waals surface area contributed by atoms with E-state index >= 15 is 0 Å². The fraction of sp³-hybridized carbons (Fsp3) is 0. The van der Waals surface area contributed by atoms with Crippen molar-refractivity contribution in [2.24, 2.45) is 0 Å². The topological polar surface area (TPSA) is 81.2 Å². The van der Waals surface area contributed by atoms with Crippen molar-refractivity contribution < 1.29 is 9.47 Å². The fourth-order valence-electron chi connectivity index (χ4n) is 4.90. The number of benzene rings is 5. The lowest BCUT2D eigenvalue weighted by molar-refractivity contribution is 0.449. The molecule has 0 spiro atoms. The van der Waals surface area contributed by atoms with Crippen molar-refractivity contribution in [1.82, 2.24) is 15.0 Å². The van der Waals surface area contributed by atoms with Crippen LogP contribution in [0.4, 0.5) is 23.0 Å². The van der Waals surface area contributed by atoms with Crippen LogP contribution < -0.4 is 20.1 Å². The number of aromatic nitrogens is 3. The van der Waals surface area contributed by atoms with Crippen LogP contribution in [-0.2, 0) is 0 Å². The molecule has 5 aromatic carbocycles. The number of nitrogens with zero attached hydrogens (tertiary/aromatic N) is 3. The summed E-state index contributed by atoms with van der Waals surface area (Å²) in [5.41, 5.74) is 5.17. The van der Waals surface area contributed by atoms with Gasteiger partial charge in [0.05, 0.1) is 11.4 Å². The molecule has 7 heteroatoms. The van der Waals surface area contributed by atoms with Crippen LogP contribution in [-0.4, -0.2) is 15.0 Å². The van der Waals surface area contributed by atoms with Crippen LogP contribution in [0.3, 0.4) is 0 Å². The Balaban J connectivity index is 1.23. The molecular formula is C39H29N5O2. The van der Waals surface area contributed by atoms with Gasteiger partial charge in [-0.05, 0) is 42.5 Å². The van der Waals surface area contributed by atoms with Gasteiger partial charge in [-0.3, -0.25) is 0 Å².